The number of carbonyl (C=O) groups excluding carboxylic acids is 1. The highest BCUT2D eigenvalue weighted by Crippen LogP contribution is 2.28. The van der Waals surface area contributed by atoms with Gasteiger partial charge in [-0.15, -0.1) is 0 Å². The molecule has 0 unspecified atom stereocenters. The maximum Gasteiger partial charge on any atom is 0.368 e. The Labute approximate surface area is 85.7 Å². The van der Waals surface area contributed by atoms with E-state index in [1.807, 2.05) is 0 Å². The molecule has 16 heavy (non-hydrogen) atoms. The second-order valence-corrected chi connectivity index (χ2v) is 2.88. The average Bonchev–Trinajstić information content (AvgIpc) is 2.20. The summed E-state index contributed by atoms with van der Waals surface area (Å²) in [6, 6.07) is 1.13. The van der Waals surface area contributed by atoms with Gasteiger partial charge < -0.3 is 0 Å². The van der Waals surface area contributed by atoms with E-state index in [9.17, 15) is 31.1 Å². The van der Waals surface area contributed by atoms with E-state index in [-0.39, 0.29) is 6.07 Å². The average molecular weight is 242 g/mol. The van der Waals surface area contributed by atoms with Crippen LogP contribution in [0.5, 0.6) is 0 Å². The Hall–Kier alpha value is -1.53. The van der Waals surface area contributed by atoms with Crippen LogP contribution in [0, 0.1) is 11.6 Å². The minimum Gasteiger partial charge on any atom is -0.287 e. The summed E-state index contributed by atoms with van der Waals surface area (Å²) in [5.74, 6) is -10.1. The zero-order valence-electron chi connectivity index (χ0n) is 7.49. The first-order chi connectivity index (χ1) is 7.26. The van der Waals surface area contributed by atoms with Crippen molar-refractivity contribution in [2.75, 3.05) is 0 Å². The standard InChI is InChI=1S/C9H4F6O/c10-4-1-2-6(11)5(3-4)7(16)9(14,15)8(12)13/h1-3,8H. The zero-order valence-corrected chi connectivity index (χ0v) is 7.49. The van der Waals surface area contributed by atoms with E-state index in [4.69, 9.17) is 0 Å². The topological polar surface area (TPSA) is 17.1 Å². The second kappa shape index (κ2) is 4.15. The van der Waals surface area contributed by atoms with Crippen LogP contribution >= 0.6 is 0 Å². The number of halogens is 6. The number of ketones is 1. The summed E-state index contributed by atoms with van der Waals surface area (Å²) in [5, 5.41) is 0. The van der Waals surface area contributed by atoms with Crippen LogP contribution in [-0.4, -0.2) is 18.1 Å². The van der Waals surface area contributed by atoms with Gasteiger partial charge in [0.1, 0.15) is 11.6 Å². The molecular weight excluding hydrogens is 238 g/mol. The van der Waals surface area contributed by atoms with Crippen molar-refractivity contribution < 1.29 is 31.1 Å². The molecule has 1 rings (SSSR count). The molecule has 0 saturated carbocycles. The Morgan fingerprint density at radius 1 is 1.19 bits per heavy atom. The zero-order chi connectivity index (χ0) is 12.5. The molecule has 1 aromatic carbocycles. The number of Topliss-reactive ketones (excluding diaryl/α,β-unsaturated/α-hetero) is 1. The van der Waals surface area contributed by atoms with E-state index in [2.05, 4.69) is 0 Å². The molecule has 0 radical (unpaired) electrons. The quantitative estimate of drug-likeness (QED) is 0.588. The molecule has 0 aromatic heterocycles. The fourth-order valence-corrected chi connectivity index (χ4v) is 0.950. The van der Waals surface area contributed by atoms with Gasteiger partial charge in [0.25, 0.3) is 0 Å². The van der Waals surface area contributed by atoms with Crippen LogP contribution in [-0.2, 0) is 0 Å². The molecule has 0 saturated heterocycles. The van der Waals surface area contributed by atoms with Gasteiger partial charge in [-0.1, -0.05) is 0 Å². The monoisotopic (exact) mass is 242 g/mol. The van der Waals surface area contributed by atoms with Gasteiger partial charge in [0.2, 0.25) is 5.78 Å². The Balaban J connectivity index is 3.19. The molecule has 7 heteroatoms. The maximum atomic E-state index is 12.8. The third-order valence-electron chi connectivity index (χ3n) is 1.75. The van der Waals surface area contributed by atoms with Crippen molar-refractivity contribution in [3.8, 4) is 0 Å². The highest BCUT2D eigenvalue weighted by molar-refractivity contribution is 6.01. The van der Waals surface area contributed by atoms with E-state index in [1.165, 1.54) is 0 Å². The van der Waals surface area contributed by atoms with Gasteiger partial charge in [-0.05, 0) is 18.2 Å². The Kier molecular flexibility index (Phi) is 3.25. The van der Waals surface area contributed by atoms with Gasteiger partial charge in [0.15, 0.2) is 0 Å². The summed E-state index contributed by atoms with van der Waals surface area (Å²) in [6.07, 6.45) is -4.28. The molecular formula is C9H4F6O. The summed E-state index contributed by atoms with van der Waals surface area (Å²) in [6.45, 7) is 0. The van der Waals surface area contributed by atoms with Crippen molar-refractivity contribution in [1.82, 2.24) is 0 Å². The predicted molar refractivity (Wildman–Crippen MR) is 41.6 cm³/mol. The number of benzene rings is 1. The van der Waals surface area contributed by atoms with Crippen molar-refractivity contribution in [2.45, 2.75) is 12.3 Å². The van der Waals surface area contributed by atoms with Crippen molar-refractivity contribution in [1.29, 1.82) is 0 Å². The van der Waals surface area contributed by atoms with Crippen molar-refractivity contribution in [3.05, 3.63) is 35.4 Å². The highest BCUT2D eigenvalue weighted by atomic mass is 19.3. The maximum absolute atomic E-state index is 12.8. The molecule has 0 spiro atoms. The number of carbonyl (C=O) groups is 1. The minimum atomic E-state index is -5.03. The van der Waals surface area contributed by atoms with Crippen LogP contribution in [0.15, 0.2) is 18.2 Å². The molecule has 0 heterocycles. The van der Waals surface area contributed by atoms with Crippen LogP contribution in [0.25, 0.3) is 0 Å². The van der Waals surface area contributed by atoms with Crippen molar-refractivity contribution in [3.63, 3.8) is 0 Å². The Morgan fingerprint density at radius 3 is 2.25 bits per heavy atom. The summed E-state index contributed by atoms with van der Waals surface area (Å²) < 4.78 is 74.1. The lowest BCUT2D eigenvalue weighted by atomic mass is 10.1. The molecule has 1 nitrogen and oxygen atoms in total. The predicted octanol–water partition coefficient (Wildman–Crippen LogP) is 3.05. The summed E-state index contributed by atoms with van der Waals surface area (Å²) in [7, 11) is 0. The lowest BCUT2D eigenvalue weighted by molar-refractivity contribution is -0.0959. The number of hydrogen-bond donors (Lipinski definition) is 0. The number of rotatable bonds is 3. The second-order valence-electron chi connectivity index (χ2n) is 2.88. The van der Waals surface area contributed by atoms with Gasteiger partial charge in [-0.25, -0.2) is 17.6 Å². The summed E-state index contributed by atoms with van der Waals surface area (Å²) >= 11 is 0. The third kappa shape index (κ3) is 2.17. The van der Waals surface area contributed by atoms with Crippen LogP contribution in [0.1, 0.15) is 10.4 Å². The SMILES string of the molecule is O=C(c1cc(F)ccc1F)C(F)(F)C(F)F. The molecule has 0 amide bonds. The molecule has 0 fully saturated rings. The molecule has 1 aromatic rings. The van der Waals surface area contributed by atoms with Crippen LogP contribution in [0.2, 0.25) is 0 Å². The van der Waals surface area contributed by atoms with E-state index in [1.54, 1.807) is 0 Å². The lowest BCUT2D eigenvalue weighted by Gasteiger charge is -2.13. The largest absolute Gasteiger partial charge is 0.368 e. The van der Waals surface area contributed by atoms with Gasteiger partial charge in [0.05, 0.1) is 5.56 Å². The van der Waals surface area contributed by atoms with Crippen LogP contribution < -0.4 is 0 Å². The van der Waals surface area contributed by atoms with Crippen LogP contribution in [0.3, 0.4) is 0 Å². The van der Waals surface area contributed by atoms with E-state index < -0.39 is 35.3 Å². The summed E-state index contributed by atoms with van der Waals surface area (Å²) in [5.41, 5.74) is -1.40. The van der Waals surface area contributed by atoms with Gasteiger partial charge in [-0.2, -0.15) is 8.78 Å². The number of alkyl halides is 4. The highest BCUT2D eigenvalue weighted by Gasteiger charge is 2.49. The fraction of sp³-hybridized carbons (Fsp3) is 0.222. The first-order valence-corrected chi connectivity index (χ1v) is 3.92. The van der Waals surface area contributed by atoms with Crippen molar-refractivity contribution >= 4 is 5.78 Å². The van der Waals surface area contributed by atoms with E-state index in [0.717, 1.165) is 0 Å². The third-order valence-corrected chi connectivity index (χ3v) is 1.75. The number of hydrogen-bond acceptors (Lipinski definition) is 1. The molecule has 0 aliphatic rings. The molecule has 0 N–H and O–H groups in total. The fourth-order valence-electron chi connectivity index (χ4n) is 0.950. The van der Waals surface area contributed by atoms with E-state index >= 15 is 0 Å². The normalized spacial score (nSPS) is 11.9. The molecule has 0 bridgehead atoms. The molecule has 0 atom stereocenters. The first kappa shape index (κ1) is 12.5. The first-order valence-electron chi connectivity index (χ1n) is 3.92. The molecule has 88 valence electrons. The van der Waals surface area contributed by atoms with Crippen molar-refractivity contribution in [2.24, 2.45) is 0 Å². The summed E-state index contributed by atoms with van der Waals surface area (Å²) in [4.78, 5) is 10.8. The van der Waals surface area contributed by atoms with Gasteiger partial charge in [-0.3, -0.25) is 4.79 Å². The molecule has 0 aliphatic carbocycles. The van der Waals surface area contributed by atoms with Gasteiger partial charge >= 0.3 is 12.3 Å². The lowest BCUT2D eigenvalue weighted by Crippen LogP contribution is -2.37. The Morgan fingerprint density at radius 2 is 1.75 bits per heavy atom. The van der Waals surface area contributed by atoms with Crippen LogP contribution in [0.4, 0.5) is 26.3 Å². The smallest absolute Gasteiger partial charge is 0.287 e. The van der Waals surface area contributed by atoms with Gasteiger partial charge in [0, 0.05) is 0 Å². The molecule has 0 aliphatic heterocycles. The Bertz CT molecular complexity index is 414. The minimum absolute atomic E-state index is 0.147. The van der Waals surface area contributed by atoms with E-state index in [0.29, 0.717) is 12.1 Å².